The summed E-state index contributed by atoms with van der Waals surface area (Å²) in [5.41, 5.74) is 6.78. The van der Waals surface area contributed by atoms with Gasteiger partial charge in [-0.3, -0.25) is 14.9 Å². The van der Waals surface area contributed by atoms with Crippen molar-refractivity contribution in [3.63, 3.8) is 0 Å². The van der Waals surface area contributed by atoms with Crippen LogP contribution in [0.1, 0.15) is 43.1 Å². The molecule has 2 aromatic carbocycles. The van der Waals surface area contributed by atoms with Gasteiger partial charge in [-0.2, -0.15) is 0 Å². The Morgan fingerprint density at radius 2 is 1.70 bits per heavy atom. The zero-order valence-corrected chi connectivity index (χ0v) is 18.2. The fourth-order valence-corrected chi connectivity index (χ4v) is 3.45. The first-order chi connectivity index (χ1) is 14.1. The van der Waals surface area contributed by atoms with Gasteiger partial charge in [0.25, 0.3) is 5.91 Å². The van der Waals surface area contributed by atoms with Gasteiger partial charge in [-0.15, -0.1) is 11.8 Å². The van der Waals surface area contributed by atoms with Crippen LogP contribution in [0.3, 0.4) is 0 Å². The number of anilines is 1. The molecule has 4 N–H and O–H groups in total. The lowest BCUT2D eigenvalue weighted by Crippen LogP contribution is -2.28. The monoisotopic (exact) mass is 429 g/mol. The Bertz CT molecular complexity index is 892. The Kier molecular flexibility index (Phi) is 8.29. The molecule has 0 aliphatic heterocycles. The van der Waals surface area contributed by atoms with Crippen molar-refractivity contribution in [2.75, 3.05) is 11.9 Å². The van der Waals surface area contributed by atoms with Crippen LogP contribution in [-0.4, -0.2) is 30.1 Å². The van der Waals surface area contributed by atoms with Gasteiger partial charge in [-0.05, 0) is 50.6 Å². The number of carbonyl (C=O) groups excluding carboxylic acids is 3. The number of nitrogens with one attached hydrogen (secondary N) is 2. The van der Waals surface area contributed by atoms with Crippen molar-refractivity contribution in [2.24, 2.45) is 5.73 Å². The third-order valence-corrected chi connectivity index (χ3v) is 4.93. The summed E-state index contributed by atoms with van der Waals surface area (Å²) in [5, 5.41) is 5.40. The summed E-state index contributed by atoms with van der Waals surface area (Å²) in [5.74, 6) is -0.0444. The molecule has 160 valence electrons. The molecule has 0 unspecified atom stereocenters. The number of hydrogen-bond acceptors (Lipinski definition) is 5. The molecule has 0 bridgehead atoms. The average molecular weight is 430 g/mol. The minimum absolute atomic E-state index is 0.102. The second kappa shape index (κ2) is 10.7. The fourth-order valence-electron chi connectivity index (χ4n) is 2.44. The van der Waals surface area contributed by atoms with Crippen LogP contribution in [0.15, 0.2) is 53.4 Å². The zero-order valence-electron chi connectivity index (χ0n) is 17.4. The van der Waals surface area contributed by atoms with Gasteiger partial charge in [-0.1, -0.05) is 24.3 Å². The molecule has 30 heavy (non-hydrogen) atoms. The van der Waals surface area contributed by atoms with Gasteiger partial charge < -0.3 is 15.8 Å². The third-order valence-electron chi connectivity index (χ3n) is 3.78. The van der Waals surface area contributed by atoms with Gasteiger partial charge in [-0.25, -0.2) is 4.79 Å². The maximum atomic E-state index is 12.4. The number of amides is 3. The standard InChI is InChI=1S/C22H27N3O4S/c1-22(2,3)29-21(28)25-16-10-8-15(9-11-16)14-30-18-7-5-4-6-17(18)20(27)24-13-12-19(23)26/h4-11H,12-14H2,1-3H3,(H2,23,26)(H,24,27)(H,25,28). The molecule has 0 aromatic heterocycles. The van der Waals surface area contributed by atoms with E-state index in [1.807, 2.05) is 57.2 Å². The van der Waals surface area contributed by atoms with Crippen LogP contribution >= 0.6 is 11.8 Å². The maximum absolute atomic E-state index is 12.4. The summed E-state index contributed by atoms with van der Waals surface area (Å²) in [7, 11) is 0. The molecule has 0 saturated carbocycles. The van der Waals surface area contributed by atoms with Crippen molar-refractivity contribution in [1.82, 2.24) is 5.32 Å². The second-order valence-electron chi connectivity index (χ2n) is 7.58. The molecule has 3 amide bonds. The Morgan fingerprint density at radius 3 is 2.33 bits per heavy atom. The van der Waals surface area contributed by atoms with Crippen LogP contribution in [0.2, 0.25) is 0 Å². The summed E-state index contributed by atoms with van der Waals surface area (Å²) < 4.78 is 5.24. The highest BCUT2D eigenvalue weighted by Gasteiger charge is 2.16. The highest BCUT2D eigenvalue weighted by molar-refractivity contribution is 7.98. The zero-order chi connectivity index (χ0) is 22.1. The van der Waals surface area contributed by atoms with Crippen molar-refractivity contribution in [3.8, 4) is 0 Å². The largest absolute Gasteiger partial charge is 0.444 e. The number of rotatable bonds is 8. The normalized spacial score (nSPS) is 10.9. The number of ether oxygens (including phenoxy) is 1. The van der Waals surface area contributed by atoms with E-state index < -0.39 is 17.6 Å². The summed E-state index contributed by atoms with van der Waals surface area (Å²) >= 11 is 1.53. The van der Waals surface area contributed by atoms with Crippen molar-refractivity contribution in [3.05, 3.63) is 59.7 Å². The lowest BCUT2D eigenvalue weighted by molar-refractivity contribution is -0.117. The molecule has 0 aliphatic rings. The minimum atomic E-state index is -0.555. The Hall–Kier alpha value is -3.00. The topological polar surface area (TPSA) is 111 Å². The quantitative estimate of drug-likeness (QED) is 0.551. The molecule has 0 heterocycles. The minimum Gasteiger partial charge on any atom is -0.444 e. The summed E-state index contributed by atoms with van der Waals surface area (Å²) in [6, 6.07) is 14.7. The summed E-state index contributed by atoms with van der Waals surface area (Å²) in [4.78, 5) is 35.9. The number of primary amides is 1. The first-order valence-corrected chi connectivity index (χ1v) is 10.5. The molecule has 2 rings (SSSR count). The predicted octanol–water partition coefficient (Wildman–Crippen LogP) is 3.93. The number of benzene rings is 2. The molecule has 0 fully saturated rings. The smallest absolute Gasteiger partial charge is 0.412 e. The lowest BCUT2D eigenvalue weighted by atomic mass is 10.2. The SMILES string of the molecule is CC(C)(C)OC(=O)Nc1ccc(CSc2ccccc2C(=O)NCCC(N)=O)cc1. The van der Waals surface area contributed by atoms with Crippen molar-refractivity contribution >= 4 is 35.4 Å². The van der Waals surface area contributed by atoms with Gasteiger partial charge in [0.1, 0.15) is 5.60 Å². The van der Waals surface area contributed by atoms with Crippen LogP contribution in [0.5, 0.6) is 0 Å². The Balaban J connectivity index is 1.93. The summed E-state index contributed by atoms with van der Waals surface area (Å²) in [6.45, 7) is 5.63. The van der Waals surface area contributed by atoms with E-state index in [0.29, 0.717) is 17.0 Å². The van der Waals surface area contributed by atoms with Crippen LogP contribution < -0.4 is 16.4 Å². The molecule has 0 radical (unpaired) electrons. The Morgan fingerprint density at radius 1 is 1.03 bits per heavy atom. The number of hydrogen-bond donors (Lipinski definition) is 3. The Labute approximate surface area is 180 Å². The van der Waals surface area contributed by atoms with Crippen LogP contribution in [-0.2, 0) is 15.3 Å². The lowest BCUT2D eigenvalue weighted by Gasteiger charge is -2.19. The van der Waals surface area contributed by atoms with Gasteiger partial charge in [0, 0.05) is 29.3 Å². The molecule has 7 nitrogen and oxygen atoms in total. The second-order valence-corrected chi connectivity index (χ2v) is 8.60. The van der Waals surface area contributed by atoms with Crippen LogP contribution in [0.25, 0.3) is 0 Å². The number of carbonyl (C=O) groups is 3. The molecule has 2 aromatic rings. The molecule has 0 saturated heterocycles. The molecule has 0 atom stereocenters. The molecule has 0 aliphatic carbocycles. The van der Waals surface area contributed by atoms with Gasteiger partial charge >= 0.3 is 6.09 Å². The van der Waals surface area contributed by atoms with E-state index in [2.05, 4.69) is 10.6 Å². The fraction of sp³-hybridized carbons (Fsp3) is 0.318. The molecular formula is C22H27N3O4S. The van der Waals surface area contributed by atoms with E-state index in [1.165, 1.54) is 11.8 Å². The van der Waals surface area contributed by atoms with E-state index in [9.17, 15) is 14.4 Å². The average Bonchev–Trinajstić information content (AvgIpc) is 2.66. The van der Waals surface area contributed by atoms with E-state index in [0.717, 1.165) is 10.5 Å². The van der Waals surface area contributed by atoms with E-state index in [-0.39, 0.29) is 18.9 Å². The maximum Gasteiger partial charge on any atom is 0.412 e. The highest BCUT2D eigenvalue weighted by Crippen LogP contribution is 2.27. The predicted molar refractivity (Wildman–Crippen MR) is 118 cm³/mol. The molecule has 8 heteroatoms. The van der Waals surface area contributed by atoms with Gasteiger partial charge in [0.15, 0.2) is 0 Å². The first-order valence-electron chi connectivity index (χ1n) is 9.51. The number of thioether (sulfide) groups is 1. The summed E-state index contributed by atoms with van der Waals surface area (Å²) in [6.07, 6.45) is -0.397. The van der Waals surface area contributed by atoms with Gasteiger partial charge in [0.2, 0.25) is 5.91 Å². The molecular weight excluding hydrogens is 402 g/mol. The number of nitrogens with two attached hydrogens (primary N) is 1. The van der Waals surface area contributed by atoms with Crippen molar-refractivity contribution in [2.45, 2.75) is 43.4 Å². The third kappa shape index (κ3) is 8.16. The van der Waals surface area contributed by atoms with E-state index in [4.69, 9.17) is 10.5 Å². The first kappa shape index (κ1) is 23.3. The van der Waals surface area contributed by atoms with Crippen LogP contribution in [0, 0.1) is 0 Å². The van der Waals surface area contributed by atoms with Crippen LogP contribution in [0.4, 0.5) is 10.5 Å². The highest BCUT2D eigenvalue weighted by atomic mass is 32.2. The van der Waals surface area contributed by atoms with Crippen molar-refractivity contribution < 1.29 is 19.1 Å². The van der Waals surface area contributed by atoms with Crippen molar-refractivity contribution in [1.29, 1.82) is 0 Å². The molecule has 0 spiro atoms. The van der Waals surface area contributed by atoms with Gasteiger partial charge in [0.05, 0.1) is 5.56 Å². The van der Waals surface area contributed by atoms with E-state index in [1.54, 1.807) is 12.1 Å². The van der Waals surface area contributed by atoms with E-state index >= 15 is 0 Å².